The molecule has 0 saturated carbocycles. The maximum Gasteiger partial charge on any atom is 0.119 e. The highest BCUT2D eigenvalue weighted by atomic mass is 16.3. The predicted molar refractivity (Wildman–Crippen MR) is 84.2 cm³/mol. The van der Waals surface area contributed by atoms with Gasteiger partial charge in [-0.2, -0.15) is 0 Å². The van der Waals surface area contributed by atoms with Crippen molar-refractivity contribution in [2.24, 2.45) is 0 Å². The average Bonchev–Trinajstić information content (AvgIpc) is 2.11. The van der Waals surface area contributed by atoms with Crippen LogP contribution in [-0.2, 0) is 16.2 Å². The highest BCUT2D eigenvalue weighted by Crippen LogP contribution is 2.42. The molecule has 1 nitrogen and oxygen atoms in total. The van der Waals surface area contributed by atoms with E-state index in [-0.39, 0.29) is 16.2 Å². The minimum atomic E-state index is -0.0525. The molecule has 1 aromatic rings. The third kappa shape index (κ3) is 3.52. The van der Waals surface area contributed by atoms with E-state index in [0.29, 0.717) is 5.75 Å². The molecule has 0 spiro atoms. The monoisotopic (exact) mass is 262 g/mol. The van der Waals surface area contributed by atoms with Crippen molar-refractivity contribution in [2.75, 3.05) is 0 Å². The lowest BCUT2D eigenvalue weighted by atomic mass is 9.72. The van der Waals surface area contributed by atoms with Gasteiger partial charge in [-0.05, 0) is 33.4 Å². The van der Waals surface area contributed by atoms with Crippen molar-refractivity contribution in [3.05, 3.63) is 28.8 Å². The van der Waals surface area contributed by atoms with E-state index in [4.69, 9.17) is 0 Å². The van der Waals surface area contributed by atoms with Gasteiger partial charge in [0.2, 0.25) is 0 Å². The Morgan fingerprint density at radius 3 is 1.47 bits per heavy atom. The number of hydrogen-bond donors (Lipinski definition) is 1. The number of aromatic hydroxyl groups is 1. The van der Waals surface area contributed by atoms with Gasteiger partial charge >= 0.3 is 0 Å². The molecule has 0 unspecified atom stereocenters. The first kappa shape index (κ1) is 16.1. The van der Waals surface area contributed by atoms with Gasteiger partial charge in [0.1, 0.15) is 5.75 Å². The lowest BCUT2D eigenvalue weighted by Crippen LogP contribution is -2.24. The van der Waals surface area contributed by atoms with Crippen LogP contribution < -0.4 is 0 Å². The molecular formula is C18H30O. The van der Waals surface area contributed by atoms with Gasteiger partial charge < -0.3 is 5.11 Å². The van der Waals surface area contributed by atoms with Crippen molar-refractivity contribution in [3.8, 4) is 5.75 Å². The molecule has 0 radical (unpaired) electrons. The third-order valence-electron chi connectivity index (χ3n) is 3.54. The van der Waals surface area contributed by atoms with Gasteiger partial charge in [0.15, 0.2) is 0 Å². The molecule has 19 heavy (non-hydrogen) atoms. The Labute approximate surface area is 119 Å². The van der Waals surface area contributed by atoms with Crippen molar-refractivity contribution in [1.82, 2.24) is 0 Å². The first-order chi connectivity index (χ1) is 8.24. The molecule has 1 heteroatoms. The maximum absolute atomic E-state index is 10.5. The molecule has 1 aromatic carbocycles. The molecule has 1 rings (SSSR count). The Kier molecular flexibility index (Phi) is 3.84. The fourth-order valence-electron chi connectivity index (χ4n) is 2.44. The molecule has 0 aromatic heterocycles. The minimum absolute atomic E-state index is 0.0291. The molecule has 0 aliphatic rings. The van der Waals surface area contributed by atoms with Crippen LogP contribution in [0.1, 0.15) is 79.0 Å². The fourth-order valence-corrected chi connectivity index (χ4v) is 2.44. The molecule has 0 fully saturated rings. The molecule has 0 aliphatic carbocycles. The van der Waals surface area contributed by atoms with Gasteiger partial charge in [-0.3, -0.25) is 0 Å². The molecule has 0 amide bonds. The lowest BCUT2D eigenvalue weighted by Gasteiger charge is -2.33. The second kappa shape index (κ2) is 4.54. The first-order valence-corrected chi connectivity index (χ1v) is 7.13. The van der Waals surface area contributed by atoms with Gasteiger partial charge in [0.25, 0.3) is 0 Å². The van der Waals surface area contributed by atoms with Crippen molar-refractivity contribution in [2.45, 2.75) is 78.6 Å². The Hall–Kier alpha value is -0.980. The highest BCUT2D eigenvalue weighted by Gasteiger charge is 2.30. The summed E-state index contributed by atoms with van der Waals surface area (Å²) in [6, 6.07) is 4.22. The molecule has 1 N–H and O–H groups in total. The van der Waals surface area contributed by atoms with E-state index in [2.05, 4.69) is 68.4 Å². The molecule has 108 valence electrons. The van der Waals surface area contributed by atoms with Gasteiger partial charge in [-0.15, -0.1) is 0 Å². The summed E-state index contributed by atoms with van der Waals surface area (Å²) in [5.41, 5.74) is 3.55. The maximum atomic E-state index is 10.5. The first-order valence-electron chi connectivity index (χ1n) is 7.13. The number of phenolic OH excluding ortho intramolecular Hbond substituents is 1. The molecule has 0 aliphatic heterocycles. The minimum Gasteiger partial charge on any atom is -0.508 e. The smallest absolute Gasteiger partial charge is 0.119 e. The molecule has 0 atom stereocenters. The van der Waals surface area contributed by atoms with Crippen molar-refractivity contribution in [3.63, 3.8) is 0 Å². The van der Waals surface area contributed by atoms with Crippen LogP contribution >= 0.6 is 0 Å². The van der Waals surface area contributed by atoms with Crippen LogP contribution in [0.4, 0.5) is 0 Å². The van der Waals surface area contributed by atoms with Gasteiger partial charge in [-0.1, -0.05) is 68.4 Å². The lowest BCUT2D eigenvalue weighted by molar-refractivity contribution is 0.431. The van der Waals surface area contributed by atoms with E-state index < -0.39 is 0 Å². The number of hydrogen-bond acceptors (Lipinski definition) is 1. The van der Waals surface area contributed by atoms with Crippen molar-refractivity contribution >= 4 is 0 Å². The van der Waals surface area contributed by atoms with Gasteiger partial charge in [-0.25, -0.2) is 0 Å². The summed E-state index contributed by atoms with van der Waals surface area (Å²) >= 11 is 0. The average molecular weight is 262 g/mol. The summed E-state index contributed by atoms with van der Waals surface area (Å²) in [6.45, 7) is 19.7. The Balaban J connectivity index is 3.68. The van der Waals surface area contributed by atoms with Crippen LogP contribution in [0.3, 0.4) is 0 Å². The van der Waals surface area contributed by atoms with Crippen LogP contribution in [0.15, 0.2) is 12.1 Å². The quantitative estimate of drug-likeness (QED) is 0.674. The van der Waals surface area contributed by atoms with Crippen molar-refractivity contribution in [1.29, 1.82) is 0 Å². The van der Waals surface area contributed by atoms with E-state index in [1.165, 1.54) is 11.1 Å². The Morgan fingerprint density at radius 1 is 0.684 bits per heavy atom. The van der Waals surface area contributed by atoms with E-state index in [1.807, 2.05) is 6.07 Å². The Morgan fingerprint density at radius 2 is 1.16 bits per heavy atom. The summed E-state index contributed by atoms with van der Waals surface area (Å²) in [5.74, 6) is 0.435. The van der Waals surface area contributed by atoms with Gasteiger partial charge in [0, 0.05) is 5.56 Å². The second-order valence-electron chi connectivity index (χ2n) is 8.67. The zero-order valence-electron chi connectivity index (χ0n) is 14.1. The SMILES string of the molecule is CC(C)(C)c1cc(O)c(C(C)(C)C)c(C(C)(C)C)c1. The van der Waals surface area contributed by atoms with E-state index >= 15 is 0 Å². The zero-order chi connectivity index (χ0) is 15.2. The summed E-state index contributed by atoms with van der Waals surface area (Å²) < 4.78 is 0. The molecular weight excluding hydrogens is 232 g/mol. The number of phenols is 1. The fraction of sp³-hybridized carbons (Fsp3) is 0.667. The largest absolute Gasteiger partial charge is 0.508 e. The summed E-state index contributed by atoms with van der Waals surface area (Å²) in [5, 5.41) is 10.5. The Bertz CT molecular complexity index is 462. The molecule has 0 heterocycles. The standard InChI is InChI=1S/C18H30O/c1-16(2,3)12-10-13(17(4,5)6)15(14(19)11-12)18(7,8)9/h10-11,19H,1-9H3. The molecule has 0 bridgehead atoms. The van der Waals surface area contributed by atoms with E-state index in [1.54, 1.807) is 0 Å². The van der Waals surface area contributed by atoms with Crippen LogP contribution in [0.5, 0.6) is 5.75 Å². The topological polar surface area (TPSA) is 20.2 Å². The van der Waals surface area contributed by atoms with E-state index in [9.17, 15) is 5.11 Å². The van der Waals surface area contributed by atoms with E-state index in [0.717, 1.165) is 5.56 Å². The van der Waals surface area contributed by atoms with Gasteiger partial charge in [0.05, 0.1) is 0 Å². The van der Waals surface area contributed by atoms with Crippen molar-refractivity contribution < 1.29 is 5.11 Å². The van der Waals surface area contributed by atoms with Crippen LogP contribution in [0, 0.1) is 0 Å². The summed E-state index contributed by atoms with van der Waals surface area (Å²) in [6.07, 6.45) is 0. The molecule has 0 saturated heterocycles. The predicted octanol–water partition coefficient (Wildman–Crippen LogP) is 5.28. The normalized spacial score (nSPS) is 13.7. The third-order valence-corrected chi connectivity index (χ3v) is 3.54. The van der Waals surface area contributed by atoms with Crippen LogP contribution in [-0.4, -0.2) is 5.11 Å². The number of benzene rings is 1. The number of rotatable bonds is 0. The second-order valence-corrected chi connectivity index (χ2v) is 8.67. The summed E-state index contributed by atoms with van der Waals surface area (Å²) in [4.78, 5) is 0. The zero-order valence-corrected chi connectivity index (χ0v) is 14.1. The highest BCUT2D eigenvalue weighted by molar-refractivity contribution is 5.51. The van der Waals surface area contributed by atoms with Crippen LogP contribution in [0.2, 0.25) is 0 Å². The van der Waals surface area contributed by atoms with Crippen LogP contribution in [0.25, 0.3) is 0 Å². The summed E-state index contributed by atoms with van der Waals surface area (Å²) in [7, 11) is 0.